The van der Waals surface area contributed by atoms with E-state index in [2.05, 4.69) is 15.3 Å². The van der Waals surface area contributed by atoms with E-state index in [1.807, 2.05) is 24.3 Å². The van der Waals surface area contributed by atoms with Crippen molar-refractivity contribution in [3.05, 3.63) is 45.6 Å². The molecule has 3 aromatic rings. The first-order valence-electron chi connectivity index (χ1n) is 8.54. The summed E-state index contributed by atoms with van der Waals surface area (Å²) in [5.41, 5.74) is 2.20. The molecule has 0 radical (unpaired) electrons. The van der Waals surface area contributed by atoms with Crippen LogP contribution in [-0.4, -0.2) is 23.0 Å². The number of esters is 1. The number of ether oxygens (including phenoxy) is 1. The van der Waals surface area contributed by atoms with E-state index < -0.39 is 0 Å². The van der Waals surface area contributed by atoms with Crippen LogP contribution in [0.1, 0.15) is 29.1 Å². The lowest BCUT2D eigenvalue weighted by atomic mass is 9.97. The van der Waals surface area contributed by atoms with Gasteiger partial charge in [0.15, 0.2) is 0 Å². The number of carbonyl (C=O) groups is 1. The van der Waals surface area contributed by atoms with Crippen LogP contribution in [0.4, 0.5) is 11.5 Å². The molecule has 0 unspecified atom stereocenters. The van der Waals surface area contributed by atoms with E-state index in [1.54, 1.807) is 11.3 Å². The maximum Gasteiger partial charge on any atom is 0.313 e. The van der Waals surface area contributed by atoms with Gasteiger partial charge in [0.25, 0.3) is 0 Å². The number of aryl methyl sites for hydroxylation is 2. The number of fused-ring (bicyclic) bond motifs is 3. The second-order valence-electron chi connectivity index (χ2n) is 6.27. The van der Waals surface area contributed by atoms with Crippen LogP contribution in [0.3, 0.4) is 0 Å². The van der Waals surface area contributed by atoms with E-state index in [0.29, 0.717) is 10.8 Å². The molecule has 5 nitrogen and oxygen atoms in total. The van der Waals surface area contributed by atoms with Crippen molar-refractivity contribution in [1.29, 1.82) is 0 Å². The molecular formula is C19H18ClN3O2S. The Bertz CT molecular complexity index is 986. The fourth-order valence-corrected chi connectivity index (χ4v) is 4.75. The number of carbonyl (C=O) groups excluding carboxylic acids is 1. The largest absolute Gasteiger partial charge is 0.469 e. The van der Waals surface area contributed by atoms with E-state index in [4.69, 9.17) is 16.3 Å². The molecule has 1 aromatic carbocycles. The lowest BCUT2D eigenvalue weighted by molar-refractivity contribution is -0.139. The number of anilines is 2. The lowest BCUT2D eigenvalue weighted by Gasteiger charge is -2.13. The summed E-state index contributed by atoms with van der Waals surface area (Å²) in [5, 5.41) is 5.10. The van der Waals surface area contributed by atoms with Gasteiger partial charge < -0.3 is 10.1 Å². The molecule has 0 bridgehead atoms. The maximum absolute atomic E-state index is 11.7. The second-order valence-corrected chi connectivity index (χ2v) is 7.79. The minimum absolute atomic E-state index is 0.0548. The normalized spacial score (nSPS) is 13.5. The topological polar surface area (TPSA) is 64.1 Å². The number of nitrogens with one attached hydrogen (secondary N) is 1. The van der Waals surface area contributed by atoms with Gasteiger partial charge in [-0.3, -0.25) is 4.79 Å². The van der Waals surface area contributed by atoms with Gasteiger partial charge in [-0.1, -0.05) is 17.7 Å². The zero-order valence-corrected chi connectivity index (χ0v) is 15.9. The zero-order chi connectivity index (χ0) is 18.1. The molecule has 1 N–H and O–H groups in total. The van der Waals surface area contributed by atoms with Crippen LogP contribution in [0.25, 0.3) is 10.2 Å². The van der Waals surface area contributed by atoms with Gasteiger partial charge in [0.2, 0.25) is 0 Å². The molecule has 0 saturated heterocycles. The summed E-state index contributed by atoms with van der Waals surface area (Å²) in [6.45, 7) is 0. The number of halogens is 1. The van der Waals surface area contributed by atoms with Crippen LogP contribution in [-0.2, 0) is 28.8 Å². The van der Waals surface area contributed by atoms with Gasteiger partial charge in [0, 0.05) is 15.6 Å². The first-order valence-corrected chi connectivity index (χ1v) is 9.74. The van der Waals surface area contributed by atoms with Crippen LogP contribution < -0.4 is 5.32 Å². The summed E-state index contributed by atoms with van der Waals surface area (Å²) >= 11 is 7.82. The van der Waals surface area contributed by atoms with Gasteiger partial charge in [0.1, 0.15) is 22.9 Å². The van der Waals surface area contributed by atoms with Gasteiger partial charge in [-0.2, -0.15) is 0 Å². The molecule has 0 aliphatic heterocycles. The molecule has 2 heterocycles. The molecule has 0 atom stereocenters. The molecule has 134 valence electrons. The Hall–Kier alpha value is -2.18. The van der Waals surface area contributed by atoms with Crippen molar-refractivity contribution >= 4 is 50.6 Å². The zero-order valence-electron chi connectivity index (χ0n) is 14.3. The SMILES string of the molecule is COC(=O)Cc1nc(Nc2cccc(Cl)c2)c2c3c(sc2n1)CCCC3. The van der Waals surface area contributed by atoms with E-state index in [-0.39, 0.29) is 12.4 Å². The highest BCUT2D eigenvalue weighted by Crippen LogP contribution is 2.39. The average Bonchev–Trinajstić information content (AvgIpc) is 3.00. The summed E-state index contributed by atoms with van der Waals surface area (Å²) in [6.07, 6.45) is 4.57. The van der Waals surface area contributed by atoms with Crippen molar-refractivity contribution in [2.75, 3.05) is 12.4 Å². The second kappa shape index (κ2) is 7.21. The van der Waals surface area contributed by atoms with Gasteiger partial charge in [0.05, 0.1) is 12.5 Å². The molecule has 1 aliphatic carbocycles. The molecular weight excluding hydrogens is 370 g/mol. The number of nitrogens with zero attached hydrogens (tertiary/aromatic N) is 2. The number of hydrogen-bond donors (Lipinski definition) is 1. The molecule has 0 saturated carbocycles. The lowest BCUT2D eigenvalue weighted by Crippen LogP contribution is -2.09. The van der Waals surface area contributed by atoms with Crippen LogP contribution >= 0.6 is 22.9 Å². The first-order chi connectivity index (χ1) is 12.6. The molecule has 4 rings (SSSR count). The Morgan fingerprint density at radius 2 is 2.15 bits per heavy atom. The number of thiophene rings is 1. The van der Waals surface area contributed by atoms with Crippen molar-refractivity contribution in [3.8, 4) is 0 Å². The third-order valence-corrected chi connectivity index (χ3v) is 5.90. The number of aromatic nitrogens is 2. The van der Waals surface area contributed by atoms with Crippen molar-refractivity contribution < 1.29 is 9.53 Å². The molecule has 1 aliphatic rings. The Balaban J connectivity index is 1.83. The molecule has 0 spiro atoms. The third-order valence-electron chi connectivity index (χ3n) is 4.48. The standard InChI is InChI=1S/C19H18ClN3O2S/c1-25-16(24)10-15-22-18(21-12-6-4-5-11(20)9-12)17-13-7-2-3-8-14(13)26-19(17)23-15/h4-6,9H,2-3,7-8,10H2,1H3,(H,21,22,23). The van der Waals surface area contributed by atoms with E-state index in [9.17, 15) is 4.79 Å². The molecule has 7 heteroatoms. The van der Waals surface area contributed by atoms with Crippen molar-refractivity contribution in [3.63, 3.8) is 0 Å². The quantitative estimate of drug-likeness (QED) is 0.658. The predicted octanol–water partition coefficient (Wildman–Crippen LogP) is 4.68. The Labute approximate surface area is 160 Å². The maximum atomic E-state index is 11.7. The molecule has 2 aromatic heterocycles. The monoisotopic (exact) mass is 387 g/mol. The Morgan fingerprint density at radius 1 is 1.31 bits per heavy atom. The van der Waals surface area contributed by atoms with E-state index in [0.717, 1.165) is 34.6 Å². The predicted molar refractivity (Wildman–Crippen MR) is 105 cm³/mol. The Morgan fingerprint density at radius 3 is 2.96 bits per heavy atom. The third kappa shape index (κ3) is 3.39. The highest BCUT2D eigenvalue weighted by atomic mass is 35.5. The van der Waals surface area contributed by atoms with Gasteiger partial charge >= 0.3 is 5.97 Å². The fraction of sp³-hybridized carbons (Fsp3) is 0.316. The highest BCUT2D eigenvalue weighted by molar-refractivity contribution is 7.19. The number of hydrogen-bond acceptors (Lipinski definition) is 6. The Kier molecular flexibility index (Phi) is 4.78. The fourth-order valence-electron chi connectivity index (χ4n) is 3.28. The summed E-state index contributed by atoms with van der Waals surface area (Å²) in [6, 6.07) is 7.52. The van der Waals surface area contributed by atoms with Crippen molar-refractivity contribution in [1.82, 2.24) is 9.97 Å². The van der Waals surface area contributed by atoms with Gasteiger partial charge in [-0.05, 0) is 49.4 Å². The molecule has 0 amide bonds. The molecule has 0 fully saturated rings. The van der Waals surface area contributed by atoms with E-state index in [1.165, 1.54) is 30.4 Å². The average molecular weight is 388 g/mol. The minimum Gasteiger partial charge on any atom is -0.469 e. The van der Waals surface area contributed by atoms with Crippen LogP contribution in [0.5, 0.6) is 0 Å². The summed E-state index contributed by atoms with van der Waals surface area (Å²) in [5.74, 6) is 0.849. The number of rotatable bonds is 4. The van der Waals surface area contributed by atoms with Crippen LogP contribution in [0.2, 0.25) is 5.02 Å². The number of benzene rings is 1. The molecule has 26 heavy (non-hydrogen) atoms. The van der Waals surface area contributed by atoms with Gasteiger partial charge in [-0.15, -0.1) is 11.3 Å². The summed E-state index contributed by atoms with van der Waals surface area (Å²) < 4.78 is 4.77. The minimum atomic E-state index is -0.348. The van der Waals surface area contributed by atoms with Crippen molar-refractivity contribution in [2.24, 2.45) is 0 Å². The van der Waals surface area contributed by atoms with E-state index >= 15 is 0 Å². The first kappa shape index (κ1) is 17.2. The van der Waals surface area contributed by atoms with Crippen LogP contribution in [0.15, 0.2) is 24.3 Å². The van der Waals surface area contributed by atoms with Gasteiger partial charge in [-0.25, -0.2) is 9.97 Å². The number of methoxy groups -OCH3 is 1. The summed E-state index contributed by atoms with van der Waals surface area (Å²) in [4.78, 5) is 23.3. The summed E-state index contributed by atoms with van der Waals surface area (Å²) in [7, 11) is 1.37. The highest BCUT2D eigenvalue weighted by Gasteiger charge is 2.22. The smallest absolute Gasteiger partial charge is 0.313 e. The van der Waals surface area contributed by atoms with Crippen molar-refractivity contribution in [2.45, 2.75) is 32.1 Å². The van der Waals surface area contributed by atoms with Crippen LogP contribution in [0, 0.1) is 0 Å².